The fraction of sp³-hybridized carbons (Fsp3) is 0.938. The van der Waals surface area contributed by atoms with Crippen LogP contribution in [0.15, 0.2) is 0 Å². The van der Waals surface area contributed by atoms with Crippen molar-refractivity contribution >= 4 is 5.91 Å². The van der Waals surface area contributed by atoms with Crippen molar-refractivity contribution in [3.8, 4) is 0 Å². The van der Waals surface area contributed by atoms with Gasteiger partial charge in [0.05, 0.1) is 0 Å². The molecule has 110 valence electrons. The molecule has 2 fully saturated rings. The first kappa shape index (κ1) is 14.8. The zero-order valence-corrected chi connectivity index (χ0v) is 13.0. The summed E-state index contributed by atoms with van der Waals surface area (Å²) in [5, 5.41) is 6.66. The molecule has 0 bridgehead atoms. The maximum atomic E-state index is 12.5. The standard InChI is InChI=1S/C16H30N2O/c1-12(2)16(7-8-16)11-18-14(19)15(3,4)13-6-5-9-17-10-13/h12-13,17H,5-11H2,1-4H3,(H,18,19). The molecule has 1 atom stereocenters. The van der Waals surface area contributed by atoms with Crippen LogP contribution in [0.2, 0.25) is 0 Å². The van der Waals surface area contributed by atoms with Crippen LogP contribution in [0.25, 0.3) is 0 Å². The first-order valence-electron chi connectivity index (χ1n) is 7.87. The minimum atomic E-state index is -0.250. The molecule has 1 aliphatic carbocycles. The van der Waals surface area contributed by atoms with Crippen molar-refractivity contribution in [2.45, 2.75) is 53.4 Å². The highest BCUT2D eigenvalue weighted by atomic mass is 16.2. The van der Waals surface area contributed by atoms with Crippen LogP contribution in [0.5, 0.6) is 0 Å². The third-order valence-electron chi connectivity index (χ3n) is 5.62. The Morgan fingerprint density at radius 1 is 1.42 bits per heavy atom. The van der Waals surface area contributed by atoms with Crippen LogP contribution in [0.4, 0.5) is 0 Å². The van der Waals surface area contributed by atoms with Crippen LogP contribution in [0.1, 0.15) is 53.4 Å². The van der Waals surface area contributed by atoms with Gasteiger partial charge in [-0.2, -0.15) is 0 Å². The lowest BCUT2D eigenvalue weighted by Gasteiger charge is -2.36. The second-order valence-corrected chi connectivity index (χ2v) is 7.46. The Bertz CT molecular complexity index is 326. The van der Waals surface area contributed by atoms with E-state index < -0.39 is 0 Å². The van der Waals surface area contributed by atoms with Crippen LogP contribution in [-0.4, -0.2) is 25.5 Å². The summed E-state index contributed by atoms with van der Waals surface area (Å²) in [5.74, 6) is 1.39. The fourth-order valence-electron chi connectivity index (χ4n) is 3.26. The van der Waals surface area contributed by atoms with E-state index in [9.17, 15) is 4.79 Å². The molecule has 0 spiro atoms. The molecule has 1 amide bonds. The van der Waals surface area contributed by atoms with Crippen molar-refractivity contribution in [3.63, 3.8) is 0 Å². The van der Waals surface area contributed by atoms with Gasteiger partial charge in [-0.3, -0.25) is 4.79 Å². The molecule has 0 aromatic rings. The first-order valence-corrected chi connectivity index (χ1v) is 7.87. The van der Waals surface area contributed by atoms with Gasteiger partial charge in [0.15, 0.2) is 0 Å². The third kappa shape index (κ3) is 3.13. The van der Waals surface area contributed by atoms with Crippen LogP contribution in [0.3, 0.4) is 0 Å². The molecule has 3 nitrogen and oxygen atoms in total. The molecule has 0 aromatic heterocycles. The lowest BCUT2D eigenvalue weighted by Crippen LogP contribution is -2.48. The number of carbonyl (C=O) groups is 1. The normalized spacial score (nSPS) is 26.3. The first-order chi connectivity index (χ1) is 8.88. The zero-order valence-electron chi connectivity index (χ0n) is 13.0. The molecule has 1 aliphatic heterocycles. The Balaban J connectivity index is 1.87. The molecule has 0 radical (unpaired) electrons. The Kier molecular flexibility index (Phi) is 4.24. The minimum absolute atomic E-state index is 0.244. The smallest absolute Gasteiger partial charge is 0.226 e. The zero-order chi connectivity index (χ0) is 14.1. The molecule has 2 rings (SSSR count). The largest absolute Gasteiger partial charge is 0.355 e. The molecule has 1 saturated heterocycles. The summed E-state index contributed by atoms with van der Waals surface area (Å²) < 4.78 is 0. The SMILES string of the molecule is CC(C)C1(CNC(=O)C(C)(C)C2CCCNC2)CC1. The number of nitrogens with one attached hydrogen (secondary N) is 2. The van der Waals surface area contributed by atoms with Gasteiger partial charge in [-0.1, -0.05) is 27.7 Å². The Hall–Kier alpha value is -0.570. The molecule has 1 saturated carbocycles. The minimum Gasteiger partial charge on any atom is -0.355 e. The molecule has 19 heavy (non-hydrogen) atoms. The topological polar surface area (TPSA) is 41.1 Å². The molecule has 2 N–H and O–H groups in total. The number of carbonyl (C=O) groups excluding carboxylic acids is 1. The van der Waals surface area contributed by atoms with Gasteiger partial charge in [0.1, 0.15) is 0 Å². The Morgan fingerprint density at radius 3 is 2.58 bits per heavy atom. The number of piperidine rings is 1. The van der Waals surface area contributed by atoms with Crippen molar-refractivity contribution < 1.29 is 4.79 Å². The van der Waals surface area contributed by atoms with Crippen molar-refractivity contribution in [1.82, 2.24) is 10.6 Å². The number of hydrogen-bond acceptors (Lipinski definition) is 2. The maximum absolute atomic E-state index is 12.5. The highest BCUT2D eigenvalue weighted by Gasteiger charge is 2.46. The molecule has 0 aromatic carbocycles. The van der Waals surface area contributed by atoms with Crippen molar-refractivity contribution in [2.24, 2.45) is 22.7 Å². The highest BCUT2D eigenvalue weighted by Crippen LogP contribution is 2.51. The van der Waals surface area contributed by atoms with E-state index in [-0.39, 0.29) is 11.3 Å². The molecular formula is C16H30N2O. The molecular weight excluding hydrogens is 236 g/mol. The lowest BCUT2D eigenvalue weighted by atomic mass is 9.74. The van der Waals surface area contributed by atoms with Crippen molar-refractivity contribution in [2.75, 3.05) is 19.6 Å². The number of hydrogen-bond donors (Lipinski definition) is 2. The van der Waals surface area contributed by atoms with E-state index in [1.807, 2.05) is 0 Å². The van der Waals surface area contributed by atoms with E-state index in [2.05, 4.69) is 38.3 Å². The van der Waals surface area contributed by atoms with Gasteiger partial charge in [-0.25, -0.2) is 0 Å². The third-order valence-corrected chi connectivity index (χ3v) is 5.62. The van der Waals surface area contributed by atoms with Crippen LogP contribution in [-0.2, 0) is 4.79 Å². The number of amides is 1. The predicted molar refractivity (Wildman–Crippen MR) is 78.9 cm³/mol. The average molecular weight is 266 g/mol. The van der Waals surface area contributed by atoms with Crippen LogP contribution in [0, 0.1) is 22.7 Å². The van der Waals surface area contributed by atoms with E-state index in [1.165, 1.54) is 25.7 Å². The van der Waals surface area contributed by atoms with Gasteiger partial charge in [0, 0.05) is 12.0 Å². The maximum Gasteiger partial charge on any atom is 0.226 e. The Labute approximate surface area is 117 Å². The Morgan fingerprint density at radius 2 is 2.11 bits per heavy atom. The van der Waals surface area contributed by atoms with E-state index >= 15 is 0 Å². The van der Waals surface area contributed by atoms with E-state index in [4.69, 9.17) is 0 Å². The second kappa shape index (κ2) is 5.43. The van der Waals surface area contributed by atoms with Gasteiger partial charge in [0.25, 0.3) is 0 Å². The summed E-state index contributed by atoms with van der Waals surface area (Å²) in [6, 6.07) is 0. The van der Waals surface area contributed by atoms with E-state index in [0.29, 0.717) is 17.3 Å². The number of rotatable bonds is 5. The monoisotopic (exact) mass is 266 g/mol. The van der Waals surface area contributed by atoms with Crippen molar-refractivity contribution in [1.29, 1.82) is 0 Å². The average Bonchev–Trinajstić information content (AvgIpc) is 3.18. The van der Waals surface area contributed by atoms with Crippen LogP contribution >= 0.6 is 0 Å². The summed E-state index contributed by atoms with van der Waals surface area (Å²) in [6.45, 7) is 11.7. The summed E-state index contributed by atoms with van der Waals surface area (Å²) in [4.78, 5) is 12.5. The van der Waals surface area contributed by atoms with Crippen molar-refractivity contribution in [3.05, 3.63) is 0 Å². The van der Waals surface area contributed by atoms with Gasteiger partial charge in [-0.15, -0.1) is 0 Å². The van der Waals surface area contributed by atoms with Gasteiger partial charge in [0.2, 0.25) is 5.91 Å². The van der Waals surface area contributed by atoms with Crippen LogP contribution < -0.4 is 10.6 Å². The quantitative estimate of drug-likeness (QED) is 0.803. The lowest BCUT2D eigenvalue weighted by molar-refractivity contribution is -0.132. The molecule has 1 heterocycles. The van der Waals surface area contributed by atoms with E-state index in [1.54, 1.807) is 0 Å². The summed E-state index contributed by atoms with van der Waals surface area (Å²) >= 11 is 0. The van der Waals surface area contributed by atoms with E-state index in [0.717, 1.165) is 19.6 Å². The van der Waals surface area contributed by atoms with Gasteiger partial charge < -0.3 is 10.6 Å². The summed E-state index contributed by atoms with van der Waals surface area (Å²) in [7, 11) is 0. The summed E-state index contributed by atoms with van der Waals surface area (Å²) in [6.07, 6.45) is 4.91. The predicted octanol–water partition coefficient (Wildman–Crippen LogP) is 2.56. The van der Waals surface area contributed by atoms with Gasteiger partial charge >= 0.3 is 0 Å². The van der Waals surface area contributed by atoms with Gasteiger partial charge in [-0.05, 0) is 56.0 Å². The molecule has 3 heteroatoms. The molecule has 2 aliphatic rings. The molecule has 1 unspecified atom stereocenters. The fourth-order valence-corrected chi connectivity index (χ4v) is 3.26. The summed E-state index contributed by atoms with van der Waals surface area (Å²) in [5.41, 5.74) is 0.150. The highest BCUT2D eigenvalue weighted by molar-refractivity contribution is 5.82. The second-order valence-electron chi connectivity index (χ2n) is 7.46.